The van der Waals surface area contributed by atoms with Crippen LogP contribution in [0.5, 0.6) is 11.5 Å². The average molecular weight is 338 g/mol. The van der Waals surface area contributed by atoms with Gasteiger partial charge in [0.25, 0.3) is 0 Å². The minimum absolute atomic E-state index is 0.484. The highest BCUT2D eigenvalue weighted by atomic mass is 35.5. The first-order chi connectivity index (χ1) is 10.6. The number of hydrogen-bond donors (Lipinski definition) is 0. The van der Waals surface area contributed by atoms with Gasteiger partial charge in [0.05, 0.1) is 24.4 Å². The average Bonchev–Trinajstić information content (AvgIpc) is 2.49. The van der Waals surface area contributed by atoms with E-state index in [1.165, 1.54) is 0 Å². The Kier molecular flexibility index (Phi) is 5.69. The molecule has 2 aromatic carbocycles. The zero-order valence-electron chi connectivity index (χ0n) is 12.7. The maximum absolute atomic E-state index is 6.22. The molecule has 3 nitrogen and oxygen atoms in total. The van der Waals surface area contributed by atoms with Crippen molar-refractivity contribution in [3.05, 3.63) is 51.5 Å². The topological polar surface area (TPSA) is 30.8 Å². The highest BCUT2D eigenvalue weighted by molar-refractivity contribution is 6.32. The molecule has 0 aliphatic heterocycles. The first-order valence-electron chi connectivity index (χ1n) is 6.86. The van der Waals surface area contributed by atoms with Gasteiger partial charge in [-0.1, -0.05) is 29.3 Å². The van der Waals surface area contributed by atoms with Crippen LogP contribution in [0.3, 0.4) is 0 Å². The molecule has 0 N–H and O–H groups in total. The van der Waals surface area contributed by atoms with E-state index in [2.05, 4.69) is 4.99 Å². The molecular weight excluding hydrogens is 321 g/mol. The summed E-state index contributed by atoms with van der Waals surface area (Å²) >= 11 is 12.3. The second-order valence-corrected chi connectivity index (χ2v) is 5.42. The Hall–Kier alpha value is -1.71. The molecule has 0 heterocycles. The van der Waals surface area contributed by atoms with Gasteiger partial charge in [0.15, 0.2) is 11.5 Å². The molecule has 0 aliphatic carbocycles. The van der Waals surface area contributed by atoms with Crippen molar-refractivity contribution in [1.29, 1.82) is 0 Å². The fraction of sp³-hybridized carbons (Fsp3) is 0.235. The van der Waals surface area contributed by atoms with E-state index in [0.717, 1.165) is 16.8 Å². The minimum Gasteiger partial charge on any atom is -0.491 e. The van der Waals surface area contributed by atoms with Gasteiger partial charge >= 0.3 is 0 Å². The molecule has 0 bridgehead atoms. The third-order valence-electron chi connectivity index (χ3n) is 3.13. The van der Waals surface area contributed by atoms with Crippen LogP contribution in [0, 0.1) is 6.92 Å². The van der Waals surface area contributed by atoms with Crippen molar-refractivity contribution in [2.75, 3.05) is 13.7 Å². The molecule has 2 aromatic rings. The summed E-state index contributed by atoms with van der Waals surface area (Å²) in [5.41, 5.74) is 2.58. The summed E-state index contributed by atoms with van der Waals surface area (Å²) in [5, 5.41) is 1.18. The second kappa shape index (κ2) is 7.52. The fourth-order valence-electron chi connectivity index (χ4n) is 2.00. The molecule has 0 radical (unpaired) electrons. The summed E-state index contributed by atoms with van der Waals surface area (Å²) in [6, 6.07) is 9.25. The molecule has 2 rings (SSSR count). The van der Waals surface area contributed by atoms with Crippen LogP contribution in [0.15, 0.2) is 35.3 Å². The summed E-state index contributed by atoms with van der Waals surface area (Å²) in [6.07, 6.45) is 1.73. The van der Waals surface area contributed by atoms with Crippen LogP contribution < -0.4 is 9.47 Å². The van der Waals surface area contributed by atoms with E-state index < -0.39 is 0 Å². The Bertz CT molecular complexity index is 699. The SMILES string of the molecule is CCOc1cc(C=Nc2cccc(Cl)c2C)cc(Cl)c1OC. The normalized spacial score (nSPS) is 11.0. The van der Waals surface area contributed by atoms with Crippen LogP contribution in [0.1, 0.15) is 18.1 Å². The van der Waals surface area contributed by atoms with Gasteiger partial charge in [-0.15, -0.1) is 0 Å². The summed E-state index contributed by atoms with van der Waals surface area (Å²) in [4.78, 5) is 4.47. The van der Waals surface area contributed by atoms with Gasteiger partial charge in [-0.05, 0) is 49.2 Å². The molecule has 0 spiro atoms. The first kappa shape index (κ1) is 16.7. The number of aliphatic imine (C=N–C) groups is 1. The van der Waals surface area contributed by atoms with E-state index in [-0.39, 0.29) is 0 Å². The maximum atomic E-state index is 6.22. The number of rotatable bonds is 5. The predicted octanol–water partition coefficient (Wildman–Crippen LogP) is 5.46. The van der Waals surface area contributed by atoms with Crippen molar-refractivity contribution >= 4 is 35.1 Å². The molecule has 0 atom stereocenters. The van der Waals surface area contributed by atoms with Crippen molar-refractivity contribution in [2.24, 2.45) is 4.99 Å². The smallest absolute Gasteiger partial charge is 0.179 e. The number of nitrogens with zero attached hydrogens (tertiary/aromatic N) is 1. The molecule has 0 saturated carbocycles. The summed E-state index contributed by atoms with van der Waals surface area (Å²) in [7, 11) is 1.56. The molecule has 0 aliphatic rings. The molecule has 0 aromatic heterocycles. The third kappa shape index (κ3) is 3.73. The highest BCUT2D eigenvalue weighted by Crippen LogP contribution is 2.36. The van der Waals surface area contributed by atoms with E-state index in [9.17, 15) is 0 Å². The number of halogens is 2. The molecular formula is C17H17Cl2NO2. The quantitative estimate of drug-likeness (QED) is 0.678. The maximum Gasteiger partial charge on any atom is 0.179 e. The van der Waals surface area contributed by atoms with Crippen molar-refractivity contribution in [2.45, 2.75) is 13.8 Å². The zero-order chi connectivity index (χ0) is 16.1. The second-order valence-electron chi connectivity index (χ2n) is 4.61. The Balaban J connectivity index is 2.37. The van der Waals surface area contributed by atoms with Crippen LogP contribution in [-0.2, 0) is 0 Å². The Morgan fingerprint density at radius 1 is 1.18 bits per heavy atom. The van der Waals surface area contributed by atoms with Crippen molar-refractivity contribution < 1.29 is 9.47 Å². The molecule has 0 saturated heterocycles. The van der Waals surface area contributed by atoms with E-state index in [1.807, 2.05) is 38.1 Å². The summed E-state index contributed by atoms with van der Waals surface area (Å²) in [6.45, 7) is 4.37. The number of ether oxygens (including phenoxy) is 2. The van der Waals surface area contributed by atoms with Gasteiger partial charge in [-0.25, -0.2) is 0 Å². The van der Waals surface area contributed by atoms with Gasteiger partial charge in [0.1, 0.15) is 0 Å². The minimum atomic E-state index is 0.484. The van der Waals surface area contributed by atoms with Crippen molar-refractivity contribution in [3.63, 3.8) is 0 Å². The lowest BCUT2D eigenvalue weighted by atomic mass is 10.2. The van der Waals surface area contributed by atoms with Gasteiger partial charge in [0, 0.05) is 11.2 Å². The van der Waals surface area contributed by atoms with Gasteiger partial charge in [-0.3, -0.25) is 4.99 Å². The molecule has 22 heavy (non-hydrogen) atoms. The van der Waals surface area contributed by atoms with Gasteiger partial charge < -0.3 is 9.47 Å². The Labute approximate surface area is 140 Å². The lowest BCUT2D eigenvalue weighted by molar-refractivity contribution is 0.311. The number of benzene rings is 2. The largest absolute Gasteiger partial charge is 0.491 e. The molecule has 5 heteroatoms. The van der Waals surface area contributed by atoms with E-state index in [1.54, 1.807) is 19.4 Å². The van der Waals surface area contributed by atoms with E-state index in [0.29, 0.717) is 28.2 Å². The van der Waals surface area contributed by atoms with E-state index >= 15 is 0 Å². The van der Waals surface area contributed by atoms with Gasteiger partial charge in [-0.2, -0.15) is 0 Å². The number of methoxy groups -OCH3 is 1. The van der Waals surface area contributed by atoms with Crippen LogP contribution in [-0.4, -0.2) is 19.9 Å². The van der Waals surface area contributed by atoms with Crippen molar-refractivity contribution in [3.8, 4) is 11.5 Å². The van der Waals surface area contributed by atoms with Gasteiger partial charge in [0.2, 0.25) is 0 Å². The summed E-state index contributed by atoms with van der Waals surface area (Å²) in [5.74, 6) is 1.13. The monoisotopic (exact) mass is 337 g/mol. The zero-order valence-corrected chi connectivity index (χ0v) is 14.2. The Morgan fingerprint density at radius 3 is 2.64 bits per heavy atom. The van der Waals surface area contributed by atoms with Crippen LogP contribution >= 0.6 is 23.2 Å². The molecule has 0 amide bonds. The van der Waals surface area contributed by atoms with Crippen molar-refractivity contribution in [1.82, 2.24) is 0 Å². The lowest BCUT2D eigenvalue weighted by Crippen LogP contribution is -1.97. The Morgan fingerprint density at radius 2 is 1.95 bits per heavy atom. The lowest BCUT2D eigenvalue weighted by Gasteiger charge is -2.11. The van der Waals surface area contributed by atoms with E-state index in [4.69, 9.17) is 32.7 Å². The molecule has 0 fully saturated rings. The van der Waals surface area contributed by atoms with Crippen LogP contribution in [0.2, 0.25) is 10.0 Å². The summed E-state index contributed by atoms with van der Waals surface area (Å²) < 4.78 is 10.8. The first-order valence-corrected chi connectivity index (χ1v) is 7.62. The predicted molar refractivity (Wildman–Crippen MR) is 92.6 cm³/mol. The van der Waals surface area contributed by atoms with Crippen LogP contribution in [0.4, 0.5) is 5.69 Å². The highest BCUT2D eigenvalue weighted by Gasteiger charge is 2.10. The molecule has 0 unspecified atom stereocenters. The number of hydrogen-bond acceptors (Lipinski definition) is 3. The molecule has 116 valence electrons. The third-order valence-corrected chi connectivity index (χ3v) is 3.82. The van der Waals surface area contributed by atoms with Crippen LogP contribution in [0.25, 0.3) is 0 Å². The standard InChI is InChI=1S/C17H17Cl2NO2/c1-4-22-16-9-12(8-14(19)17(16)21-3)10-20-15-7-5-6-13(18)11(15)2/h5-10H,4H2,1-3H3. The fourth-order valence-corrected chi connectivity index (χ4v) is 2.47.